The lowest BCUT2D eigenvalue weighted by molar-refractivity contribution is -0.143. The van der Waals surface area contributed by atoms with Crippen molar-refractivity contribution in [2.75, 3.05) is 18.4 Å². The first-order valence-electron chi connectivity index (χ1n) is 8.68. The first kappa shape index (κ1) is 22.8. The van der Waals surface area contributed by atoms with E-state index in [-0.39, 0.29) is 0 Å². The van der Waals surface area contributed by atoms with E-state index in [0.29, 0.717) is 31.1 Å². The van der Waals surface area contributed by atoms with Crippen LogP contribution in [0.5, 0.6) is 0 Å². The molecule has 1 atom stereocenters. The summed E-state index contributed by atoms with van der Waals surface area (Å²) in [4.78, 5) is 30.3. The van der Waals surface area contributed by atoms with Crippen LogP contribution in [0.25, 0.3) is 10.9 Å². The number of anilines is 1. The van der Waals surface area contributed by atoms with E-state index in [2.05, 4.69) is 51.3 Å². The van der Waals surface area contributed by atoms with E-state index < -0.39 is 11.8 Å². The standard InChI is InChI=1S/C14H19IN5O2P.C3H8/c1-4-19(8-9(2)3)14(22)13(21)18-11-7-16-5-10-6-17-20(23-15)12(10)11;1-3-2/h5-7,9,23H,4,8H2,1-3H3,(H,18,21);3H2,1-2H3. The van der Waals surface area contributed by atoms with Crippen LogP contribution < -0.4 is 5.32 Å². The van der Waals surface area contributed by atoms with Gasteiger partial charge in [0.25, 0.3) is 0 Å². The van der Waals surface area contributed by atoms with Gasteiger partial charge in [0.15, 0.2) is 0 Å². The fourth-order valence-corrected chi connectivity index (χ4v) is 3.78. The number of likely N-dealkylation sites (N-methyl/N-ethyl adjacent to an activating group) is 1. The highest BCUT2D eigenvalue weighted by atomic mass is 127. The molecule has 2 aromatic rings. The molecule has 0 bridgehead atoms. The molecule has 26 heavy (non-hydrogen) atoms. The number of carbonyl (C=O) groups excluding carboxylic acids is 2. The summed E-state index contributed by atoms with van der Waals surface area (Å²) in [5.41, 5.74) is 1.28. The van der Waals surface area contributed by atoms with Crippen LogP contribution in [0, 0.1) is 5.92 Å². The number of amides is 2. The van der Waals surface area contributed by atoms with Crippen molar-refractivity contribution in [3.8, 4) is 0 Å². The Bertz CT molecular complexity index is 735. The normalized spacial score (nSPS) is 10.9. The van der Waals surface area contributed by atoms with Crippen LogP contribution in [-0.4, -0.2) is 44.3 Å². The number of carbonyl (C=O) groups is 2. The zero-order valence-corrected chi connectivity index (χ0v) is 19.1. The highest BCUT2D eigenvalue weighted by molar-refractivity contribution is 14.2. The lowest BCUT2D eigenvalue weighted by atomic mass is 10.2. The van der Waals surface area contributed by atoms with Crippen LogP contribution in [0.1, 0.15) is 41.0 Å². The lowest BCUT2D eigenvalue weighted by Crippen LogP contribution is -2.41. The second-order valence-electron chi connectivity index (χ2n) is 6.16. The highest BCUT2D eigenvalue weighted by Gasteiger charge is 2.22. The number of nitrogens with one attached hydrogen (secondary N) is 1. The van der Waals surface area contributed by atoms with Crippen molar-refractivity contribution in [3.05, 3.63) is 18.6 Å². The number of aromatic nitrogens is 3. The van der Waals surface area contributed by atoms with E-state index >= 15 is 0 Å². The molecule has 0 aromatic carbocycles. The number of rotatable bonds is 5. The zero-order valence-electron chi connectivity index (χ0n) is 15.9. The third kappa shape index (κ3) is 6.16. The quantitative estimate of drug-likeness (QED) is 0.389. The van der Waals surface area contributed by atoms with Gasteiger partial charge in [0.05, 0.1) is 30.0 Å². The van der Waals surface area contributed by atoms with E-state index in [4.69, 9.17) is 0 Å². The first-order chi connectivity index (χ1) is 12.4. The van der Waals surface area contributed by atoms with E-state index in [1.54, 1.807) is 27.9 Å². The Morgan fingerprint density at radius 1 is 1.27 bits per heavy atom. The van der Waals surface area contributed by atoms with Gasteiger partial charge in [-0.05, 0) is 34.9 Å². The summed E-state index contributed by atoms with van der Waals surface area (Å²) in [5.74, 6) is -0.869. The minimum atomic E-state index is -0.647. The Kier molecular flexibility index (Phi) is 10.0. The molecule has 0 spiro atoms. The predicted octanol–water partition coefficient (Wildman–Crippen LogP) is 4.08. The molecule has 2 aromatic heterocycles. The third-order valence-corrected chi connectivity index (χ3v) is 5.12. The maximum atomic E-state index is 12.3. The SMILES string of the molecule is CCC.CCN(CC(C)C)C(=O)C(=O)Nc1cncc2cnn(PI)c12. The van der Waals surface area contributed by atoms with E-state index in [9.17, 15) is 9.59 Å². The molecular weight excluding hydrogens is 464 g/mol. The van der Waals surface area contributed by atoms with Gasteiger partial charge in [0, 0.05) is 24.7 Å². The number of hydrogen-bond acceptors (Lipinski definition) is 4. The number of nitrogens with zero attached hydrogens (tertiary/aromatic N) is 4. The minimum Gasteiger partial charge on any atom is -0.334 e. The fraction of sp³-hybridized carbons (Fsp3) is 0.529. The summed E-state index contributed by atoms with van der Waals surface area (Å²) in [6, 6.07) is 0. The van der Waals surface area contributed by atoms with E-state index in [0.717, 1.165) is 10.9 Å². The molecule has 7 nitrogen and oxygen atoms in total. The van der Waals surface area contributed by atoms with Crippen molar-refractivity contribution in [1.29, 1.82) is 0 Å². The largest absolute Gasteiger partial charge is 0.334 e. The van der Waals surface area contributed by atoms with E-state index in [1.165, 1.54) is 6.42 Å². The summed E-state index contributed by atoms with van der Waals surface area (Å²) in [6.45, 7) is 11.2. The van der Waals surface area contributed by atoms with Crippen LogP contribution in [0.15, 0.2) is 18.6 Å². The monoisotopic (exact) mass is 491 g/mol. The molecule has 0 aliphatic rings. The van der Waals surface area contributed by atoms with Crippen LogP contribution in [-0.2, 0) is 9.59 Å². The Hall–Kier alpha value is -1.28. The molecule has 0 aliphatic carbocycles. The van der Waals surface area contributed by atoms with Crippen molar-refractivity contribution in [3.63, 3.8) is 0 Å². The summed E-state index contributed by atoms with van der Waals surface area (Å²) in [5, 5.41) is 7.76. The summed E-state index contributed by atoms with van der Waals surface area (Å²) >= 11 is 2.21. The van der Waals surface area contributed by atoms with Gasteiger partial charge in [-0.1, -0.05) is 34.1 Å². The van der Waals surface area contributed by atoms with Crippen molar-refractivity contribution in [1.82, 2.24) is 19.4 Å². The molecule has 2 heterocycles. The topological polar surface area (TPSA) is 80.1 Å². The van der Waals surface area contributed by atoms with Gasteiger partial charge < -0.3 is 10.2 Å². The molecule has 9 heteroatoms. The van der Waals surface area contributed by atoms with Gasteiger partial charge in [-0.15, -0.1) is 0 Å². The summed E-state index contributed by atoms with van der Waals surface area (Å²) < 4.78 is 1.78. The fourth-order valence-electron chi connectivity index (χ4n) is 2.25. The van der Waals surface area contributed by atoms with Gasteiger partial charge in [-0.2, -0.15) is 5.10 Å². The van der Waals surface area contributed by atoms with Gasteiger partial charge in [0.1, 0.15) is 0 Å². The van der Waals surface area contributed by atoms with E-state index in [1.807, 2.05) is 20.8 Å². The molecular formula is C17H27IN5O2P. The second-order valence-corrected chi connectivity index (χ2v) is 8.20. The smallest absolute Gasteiger partial charge is 0.314 e. The molecule has 0 radical (unpaired) electrons. The van der Waals surface area contributed by atoms with Crippen molar-refractivity contribution in [2.45, 2.75) is 41.0 Å². The Labute approximate surface area is 169 Å². The zero-order chi connectivity index (χ0) is 19.7. The summed E-state index contributed by atoms with van der Waals surface area (Å²) in [6.07, 6.45) is 6.56. The van der Waals surface area contributed by atoms with Gasteiger partial charge >= 0.3 is 11.8 Å². The van der Waals surface area contributed by atoms with Crippen molar-refractivity contribution < 1.29 is 9.59 Å². The molecule has 1 unspecified atom stereocenters. The average Bonchev–Trinajstić information content (AvgIpc) is 3.03. The first-order valence-corrected chi connectivity index (χ1v) is 12.7. The second kappa shape index (κ2) is 11.4. The molecule has 0 aliphatic heterocycles. The minimum absolute atomic E-state index is 0.304. The number of hydrogen-bond donors (Lipinski definition) is 1. The van der Waals surface area contributed by atoms with Crippen LogP contribution in [0.3, 0.4) is 0 Å². The molecule has 2 rings (SSSR count). The molecule has 2 amide bonds. The van der Waals surface area contributed by atoms with Crippen molar-refractivity contribution in [2.24, 2.45) is 5.92 Å². The maximum Gasteiger partial charge on any atom is 0.314 e. The number of pyridine rings is 1. The number of halogens is 1. The third-order valence-electron chi connectivity index (χ3n) is 3.25. The Morgan fingerprint density at radius 3 is 2.46 bits per heavy atom. The maximum absolute atomic E-state index is 12.3. The van der Waals surface area contributed by atoms with Gasteiger partial charge in [-0.3, -0.25) is 14.6 Å². The average molecular weight is 491 g/mol. The molecule has 1 N–H and O–H groups in total. The molecule has 0 saturated carbocycles. The molecule has 0 fully saturated rings. The summed E-state index contributed by atoms with van der Waals surface area (Å²) in [7, 11) is 0. The Balaban J connectivity index is 0.00000105. The highest BCUT2D eigenvalue weighted by Crippen LogP contribution is 2.31. The van der Waals surface area contributed by atoms with Crippen LogP contribution >= 0.6 is 28.4 Å². The Morgan fingerprint density at radius 2 is 1.92 bits per heavy atom. The van der Waals surface area contributed by atoms with Gasteiger partial charge in [0.2, 0.25) is 0 Å². The van der Waals surface area contributed by atoms with Gasteiger partial charge in [-0.25, -0.2) is 4.45 Å². The van der Waals surface area contributed by atoms with Crippen molar-refractivity contribution >= 4 is 56.8 Å². The lowest BCUT2D eigenvalue weighted by Gasteiger charge is -2.22. The molecule has 144 valence electrons. The molecule has 0 saturated heterocycles. The number of fused-ring (bicyclic) bond motifs is 1. The van der Waals surface area contributed by atoms with Crippen LogP contribution in [0.2, 0.25) is 0 Å². The predicted molar refractivity (Wildman–Crippen MR) is 117 cm³/mol. The van der Waals surface area contributed by atoms with Crippen LogP contribution in [0.4, 0.5) is 5.69 Å².